The first kappa shape index (κ1) is 11.0. The van der Waals surface area contributed by atoms with Crippen LogP contribution in [0.2, 0.25) is 0 Å². The van der Waals surface area contributed by atoms with Gasteiger partial charge in [-0.2, -0.15) is 0 Å². The van der Waals surface area contributed by atoms with E-state index in [0.29, 0.717) is 11.8 Å². The SMILES string of the molecule is CCC1C2CC(C)CC23C2=NC(=O)CC=C2C13C. The van der Waals surface area contributed by atoms with Crippen LogP contribution in [-0.4, -0.2) is 11.6 Å². The Labute approximate surface area is 109 Å². The summed E-state index contributed by atoms with van der Waals surface area (Å²) >= 11 is 0. The standard InChI is InChI=1S/C16H21NO/c1-4-10-12-7-9(2)8-16(12)14-11(15(10,16)3)5-6-13(18)17-14/h5,9-10,12H,4,6-8H2,1-3H3. The second-order valence-corrected chi connectivity index (χ2v) is 7.02. The molecule has 0 bridgehead atoms. The molecule has 1 spiro atoms. The molecule has 5 unspecified atom stereocenters. The first-order chi connectivity index (χ1) is 8.55. The monoisotopic (exact) mass is 243 g/mol. The molecule has 2 nitrogen and oxygen atoms in total. The average Bonchev–Trinajstić information content (AvgIpc) is 2.67. The van der Waals surface area contributed by atoms with E-state index in [1.54, 1.807) is 0 Å². The van der Waals surface area contributed by atoms with Gasteiger partial charge in [0.25, 0.3) is 0 Å². The zero-order chi connectivity index (χ0) is 12.7. The van der Waals surface area contributed by atoms with E-state index in [1.807, 2.05) is 0 Å². The van der Waals surface area contributed by atoms with Crippen LogP contribution in [0.3, 0.4) is 0 Å². The lowest BCUT2D eigenvalue weighted by atomic mass is 9.27. The molecule has 18 heavy (non-hydrogen) atoms. The van der Waals surface area contributed by atoms with Crippen LogP contribution in [0, 0.1) is 28.6 Å². The van der Waals surface area contributed by atoms with Gasteiger partial charge < -0.3 is 0 Å². The molecule has 0 N–H and O–H groups in total. The Morgan fingerprint density at radius 3 is 3.00 bits per heavy atom. The summed E-state index contributed by atoms with van der Waals surface area (Å²) in [5, 5.41) is 0. The van der Waals surface area contributed by atoms with Crippen molar-refractivity contribution >= 4 is 11.6 Å². The number of allylic oxidation sites excluding steroid dienone is 1. The molecule has 0 aromatic carbocycles. The lowest BCUT2D eigenvalue weighted by Gasteiger charge is -2.76. The van der Waals surface area contributed by atoms with Crippen molar-refractivity contribution in [1.82, 2.24) is 0 Å². The van der Waals surface area contributed by atoms with Gasteiger partial charge in [-0.05, 0) is 36.2 Å². The predicted molar refractivity (Wildman–Crippen MR) is 71.4 cm³/mol. The van der Waals surface area contributed by atoms with Gasteiger partial charge in [0.2, 0.25) is 5.91 Å². The number of carbonyl (C=O) groups excluding carboxylic acids is 1. The second-order valence-electron chi connectivity index (χ2n) is 7.02. The maximum atomic E-state index is 11.6. The number of dihydropyridines is 1. The van der Waals surface area contributed by atoms with Crippen LogP contribution in [0.4, 0.5) is 0 Å². The minimum absolute atomic E-state index is 0.0726. The number of nitrogens with zero attached hydrogens (tertiary/aromatic N) is 1. The number of amides is 1. The quantitative estimate of drug-likeness (QED) is 0.694. The first-order valence-corrected chi connectivity index (χ1v) is 7.38. The van der Waals surface area contributed by atoms with Crippen molar-refractivity contribution < 1.29 is 4.79 Å². The van der Waals surface area contributed by atoms with Crippen molar-refractivity contribution in [2.75, 3.05) is 0 Å². The molecular formula is C16H21NO. The van der Waals surface area contributed by atoms with Gasteiger partial charge in [0, 0.05) is 17.3 Å². The second kappa shape index (κ2) is 2.97. The normalized spacial score (nSPS) is 52.4. The highest BCUT2D eigenvalue weighted by Crippen LogP contribution is 2.83. The van der Waals surface area contributed by atoms with Gasteiger partial charge >= 0.3 is 0 Å². The Morgan fingerprint density at radius 2 is 2.28 bits per heavy atom. The Balaban J connectivity index is 1.86. The number of hydrogen-bond donors (Lipinski definition) is 0. The fourth-order valence-electron chi connectivity index (χ4n) is 6.06. The average molecular weight is 243 g/mol. The predicted octanol–water partition coefficient (Wildman–Crippen LogP) is 3.38. The van der Waals surface area contributed by atoms with Gasteiger partial charge in [-0.25, -0.2) is 4.99 Å². The Bertz CT molecular complexity index is 517. The maximum absolute atomic E-state index is 11.6. The molecule has 1 amide bonds. The number of carbonyl (C=O) groups is 1. The van der Waals surface area contributed by atoms with Crippen LogP contribution < -0.4 is 0 Å². The van der Waals surface area contributed by atoms with Crippen molar-refractivity contribution in [3.05, 3.63) is 11.6 Å². The van der Waals surface area contributed by atoms with Crippen LogP contribution in [0.15, 0.2) is 16.6 Å². The number of fused-ring (bicyclic) bond motifs is 2. The van der Waals surface area contributed by atoms with Gasteiger partial charge in [-0.3, -0.25) is 4.79 Å². The fraction of sp³-hybridized carbons (Fsp3) is 0.750. The molecule has 3 fully saturated rings. The summed E-state index contributed by atoms with van der Waals surface area (Å²) in [5.74, 6) is 2.49. The third-order valence-electron chi connectivity index (χ3n) is 6.51. The molecule has 5 atom stereocenters. The van der Waals surface area contributed by atoms with Crippen LogP contribution in [-0.2, 0) is 4.79 Å². The van der Waals surface area contributed by atoms with E-state index in [4.69, 9.17) is 0 Å². The molecule has 2 heteroatoms. The first-order valence-electron chi connectivity index (χ1n) is 7.38. The van der Waals surface area contributed by atoms with E-state index in [9.17, 15) is 4.79 Å². The summed E-state index contributed by atoms with van der Waals surface area (Å²) in [5.41, 5.74) is 3.26. The Hall–Kier alpha value is -0.920. The van der Waals surface area contributed by atoms with Gasteiger partial charge in [0.1, 0.15) is 0 Å². The molecule has 4 aliphatic rings. The summed E-state index contributed by atoms with van der Waals surface area (Å²) in [6.07, 6.45) is 6.58. The highest BCUT2D eigenvalue weighted by molar-refractivity contribution is 6.20. The van der Waals surface area contributed by atoms with E-state index >= 15 is 0 Å². The van der Waals surface area contributed by atoms with Crippen molar-refractivity contribution in [3.8, 4) is 0 Å². The number of hydrogen-bond acceptors (Lipinski definition) is 1. The highest BCUT2D eigenvalue weighted by Gasteiger charge is 2.81. The Kier molecular flexibility index (Phi) is 1.81. The summed E-state index contributed by atoms with van der Waals surface area (Å²) in [4.78, 5) is 16.0. The van der Waals surface area contributed by atoms with Gasteiger partial charge in [0.05, 0.1) is 5.71 Å². The van der Waals surface area contributed by atoms with E-state index in [1.165, 1.54) is 30.5 Å². The summed E-state index contributed by atoms with van der Waals surface area (Å²) in [6, 6.07) is 0. The van der Waals surface area contributed by atoms with Gasteiger partial charge in [-0.1, -0.05) is 33.3 Å². The van der Waals surface area contributed by atoms with Gasteiger partial charge in [0.15, 0.2) is 0 Å². The van der Waals surface area contributed by atoms with E-state index < -0.39 is 0 Å². The van der Waals surface area contributed by atoms with E-state index in [2.05, 4.69) is 31.8 Å². The van der Waals surface area contributed by atoms with Crippen LogP contribution in [0.1, 0.15) is 46.5 Å². The zero-order valence-electron chi connectivity index (χ0n) is 11.5. The van der Waals surface area contributed by atoms with Crippen molar-refractivity contribution in [2.45, 2.75) is 46.5 Å². The summed E-state index contributed by atoms with van der Waals surface area (Å²) in [7, 11) is 0. The maximum Gasteiger partial charge on any atom is 0.249 e. The van der Waals surface area contributed by atoms with E-state index in [0.717, 1.165) is 17.8 Å². The topological polar surface area (TPSA) is 29.4 Å². The minimum atomic E-state index is 0.0726. The molecule has 0 radical (unpaired) electrons. The fourth-order valence-corrected chi connectivity index (χ4v) is 6.06. The van der Waals surface area contributed by atoms with Gasteiger partial charge in [-0.15, -0.1) is 0 Å². The van der Waals surface area contributed by atoms with Crippen LogP contribution in [0.5, 0.6) is 0 Å². The molecule has 3 saturated carbocycles. The molecule has 0 aromatic rings. The molecule has 96 valence electrons. The van der Waals surface area contributed by atoms with E-state index in [-0.39, 0.29) is 11.3 Å². The molecule has 1 heterocycles. The van der Waals surface area contributed by atoms with Crippen molar-refractivity contribution in [2.24, 2.45) is 33.6 Å². The third kappa shape index (κ3) is 0.828. The largest absolute Gasteiger partial charge is 0.272 e. The highest BCUT2D eigenvalue weighted by atomic mass is 16.1. The number of rotatable bonds is 1. The smallest absolute Gasteiger partial charge is 0.249 e. The van der Waals surface area contributed by atoms with Crippen molar-refractivity contribution in [1.29, 1.82) is 0 Å². The van der Waals surface area contributed by atoms with Crippen LogP contribution in [0.25, 0.3) is 0 Å². The molecule has 1 aliphatic heterocycles. The third-order valence-corrected chi connectivity index (χ3v) is 6.51. The molecule has 4 rings (SSSR count). The molecule has 0 aromatic heterocycles. The minimum Gasteiger partial charge on any atom is -0.272 e. The molecular weight excluding hydrogens is 222 g/mol. The van der Waals surface area contributed by atoms with Crippen molar-refractivity contribution in [3.63, 3.8) is 0 Å². The lowest BCUT2D eigenvalue weighted by Crippen LogP contribution is -2.75. The summed E-state index contributed by atoms with van der Waals surface area (Å²) in [6.45, 7) is 7.13. The molecule has 3 aliphatic carbocycles. The Morgan fingerprint density at radius 1 is 1.50 bits per heavy atom. The summed E-state index contributed by atoms with van der Waals surface area (Å²) < 4.78 is 0. The zero-order valence-corrected chi connectivity index (χ0v) is 11.5. The number of aliphatic imine (C=N–C) groups is 1. The molecule has 0 saturated heterocycles. The van der Waals surface area contributed by atoms with Crippen LogP contribution >= 0.6 is 0 Å². The lowest BCUT2D eigenvalue weighted by molar-refractivity contribution is -0.136.